The number of hydrogen-bond acceptors (Lipinski definition) is 6. The minimum absolute atomic E-state index is 0.00171. The van der Waals surface area contributed by atoms with Crippen LogP contribution in [-0.2, 0) is 27.8 Å². The molecule has 0 saturated carbocycles. The first-order valence-corrected chi connectivity index (χ1v) is 13.9. The SMILES string of the molecule is CS(=O)(=O)CCCN(CC(=O)O)Cc1cccc(COc2ccc(-c3cc(F)c(F)c4ccoc34)cc2)c1. The average Bonchev–Trinajstić information content (AvgIpc) is 3.35. The number of sulfone groups is 1. The summed E-state index contributed by atoms with van der Waals surface area (Å²) in [6.07, 6.45) is 2.83. The van der Waals surface area contributed by atoms with Gasteiger partial charge < -0.3 is 14.3 Å². The summed E-state index contributed by atoms with van der Waals surface area (Å²) in [6, 6.07) is 17.0. The van der Waals surface area contributed by atoms with Crippen LogP contribution in [-0.4, -0.2) is 49.5 Å². The van der Waals surface area contributed by atoms with Crippen molar-refractivity contribution in [2.45, 2.75) is 19.6 Å². The Morgan fingerprint density at radius 3 is 2.50 bits per heavy atom. The predicted molar refractivity (Wildman–Crippen MR) is 140 cm³/mol. The third-order valence-corrected chi connectivity index (χ3v) is 6.97. The van der Waals surface area contributed by atoms with E-state index in [0.29, 0.717) is 36.4 Å². The Labute approximate surface area is 219 Å². The highest BCUT2D eigenvalue weighted by Crippen LogP contribution is 2.33. The van der Waals surface area contributed by atoms with Crippen molar-refractivity contribution in [1.29, 1.82) is 0 Å². The van der Waals surface area contributed by atoms with Gasteiger partial charge in [0.05, 0.1) is 23.9 Å². The van der Waals surface area contributed by atoms with Crippen molar-refractivity contribution in [2.75, 3.05) is 25.1 Å². The van der Waals surface area contributed by atoms with Gasteiger partial charge >= 0.3 is 5.97 Å². The molecule has 10 heteroatoms. The summed E-state index contributed by atoms with van der Waals surface area (Å²) >= 11 is 0. The Bertz CT molecular complexity index is 1530. The maximum Gasteiger partial charge on any atom is 0.317 e. The van der Waals surface area contributed by atoms with E-state index in [1.165, 1.54) is 12.3 Å². The number of hydrogen-bond donors (Lipinski definition) is 1. The lowest BCUT2D eigenvalue weighted by atomic mass is 10.0. The zero-order chi connectivity index (χ0) is 27.3. The van der Waals surface area contributed by atoms with E-state index in [9.17, 15) is 27.1 Å². The van der Waals surface area contributed by atoms with Crippen molar-refractivity contribution in [3.63, 3.8) is 0 Å². The lowest BCUT2D eigenvalue weighted by molar-refractivity contribution is -0.138. The highest BCUT2D eigenvalue weighted by atomic mass is 32.2. The molecule has 0 radical (unpaired) electrons. The molecule has 4 aromatic rings. The quantitative estimate of drug-likeness (QED) is 0.260. The zero-order valence-electron chi connectivity index (χ0n) is 20.7. The van der Waals surface area contributed by atoms with Gasteiger partial charge in [0.15, 0.2) is 11.6 Å². The molecule has 0 aliphatic carbocycles. The maximum atomic E-state index is 14.0. The Morgan fingerprint density at radius 2 is 1.79 bits per heavy atom. The largest absolute Gasteiger partial charge is 0.489 e. The summed E-state index contributed by atoms with van der Waals surface area (Å²) in [4.78, 5) is 13.0. The van der Waals surface area contributed by atoms with Crippen molar-refractivity contribution >= 4 is 26.8 Å². The van der Waals surface area contributed by atoms with Crippen LogP contribution in [0.5, 0.6) is 5.75 Å². The molecule has 0 amide bonds. The van der Waals surface area contributed by atoms with Gasteiger partial charge in [-0.15, -0.1) is 0 Å². The number of ether oxygens (including phenoxy) is 1. The highest BCUT2D eigenvalue weighted by molar-refractivity contribution is 7.90. The topological polar surface area (TPSA) is 97.1 Å². The molecule has 1 heterocycles. The number of fused-ring (bicyclic) bond motifs is 1. The predicted octanol–water partition coefficient (Wildman–Crippen LogP) is 5.28. The fraction of sp³-hybridized carbons (Fsp3) is 0.250. The van der Waals surface area contributed by atoms with Crippen molar-refractivity contribution < 1.29 is 36.3 Å². The van der Waals surface area contributed by atoms with E-state index in [-0.39, 0.29) is 29.9 Å². The minimum atomic E-state index is -3.12. The Balaban J connectivity index is 1.40. The van der Waals surface area contributed by atoms with Gasteiger partial charge in [-0.05, 0) is 47.4 Å². The molecule has 0 aliphatic rings. The van der Waals surface area contributed by atoms with Crippen LogP contribution in [0.2, 0.25) is 0 Å². The molecule has 0 atom stereocenters. The van der Waals surface area contributed by atoms with E-state index in [1.54, 1.807) is 29.2 Å². The van der Waals surface area contributed by atoms with Crippen molar-refractivity contribution in [3.05, 3.63) is 89.7 Å². The molecule has 0 spiro atoms. The van der Waals surface area contributed by atoms with Crippen LogP contribution in [0.1, 0.15) is 17.5 Å². The van der Waals surface area contributed by atoms with Gasteiger partial charge in [-0.1, -0.05) is 36.4 Å². The standard InChI is InChI=1S/C28H27F2NO6S/c1-38(34,35)13-3-11-31(17-26(32)33)16-19-4-2-5-20(14-19)18-37-22-8-6-21(7-9-22)24-15-25(29)27(30)23-10-12-36-28(23)24/h2,4-10,12,14-15H,3,11,13,16-18H2,1H3,(H,32,33). The van der Waals surface area contributed by atoms with Crippen molar-refractivity contribution in [2.24, 2.45) is 0 Å². The van der Waals surface area contributed by atoms with Gasteiger partial charge in [-0.3, -0.25) is 9.69 Å². The molecule has 0 unspecified atom stereocenters. The molecule has 4 rings (SSSR count). The second kappa shape index (κ2) is 11.7. The lowest BCUT2D eigenvalue weighted by Crippen LogP contribution is -2.31. The zero-order valence-corrected chi connectivity index (χ0v) is 21.5. The van der Waals surface area contributed by atoms with E-state index in [0.717, 1.165) is 23.4 Å². The Hall–Kier alpha value is -3.76. The normalized spacial score (nSPS) is 11.8. The summed E-state index contributed by atoms with van der Waals surface area (Å²) < 4.78 is 62.1. The Kier molecular flexibility index (Phi) is 8.43. The number of aliphatic carboxylic acids is 1. The van der Waals surface area contributed by atoms with Gasteiger partial charge in [0.25, 0.3) is 0 Å². The first kappa shape index (κ1) is 27.3. The number of rotatable bonds is 12. The third kappa shape index (κ3) is 7.17. The van der Waals surface area contributed by atoms with Crippen molar-refractivity contribution in [3.8, 4) is 16.9 Å². The highest BCUT2D eigenvalue weighted by Gasteiger charge is 2.16. The minimum Gasteiger partial charge on any atom is -0.489 e. The van der Waals surface area contributed by atoms with Crippen LogP contribution in [0.3, 0.4) is 0 Å². The first-order valence-electron chi connectivity index (χ1n) is 11.9. The summed E-state index contributed by atoms with van der Waals surface area (Å²) in [5.74, 6) is -2.31. The van der Waals surface area contributed by atoms with Crippen LogP contribution in [0.15, 0.2) is 71.3 Å². The maximum absolute atomic E-state index is 14.0. The van der Waals surface area contributed by atoms with E-state index in [2.05, 4.69) is 0 Å². The summed E-state index contributed by atoms with van der Waals surface area (Å²) in [5.41, 5.74) is 3.10. The molecule has 1 N–H and O–H groups in total. The second-order valence-corrected chi connectivity index (χ2v) is 11.4. The summed E-state index contributed by atoms with van der Waals surface area (Å²) in [7, 11) is -3.12. The number of nitrogens with zero attached hydrogens (tertiary/aromatic N) is 1. The van der Waals surface area contributed by atoms with Gasteiger partial charge in [-0.2, -0.15) is 0 Å². The van der Waals surface area contributed by atoms with Gasteiger partial charge in [0, 0.05) is 24.9 Å². The number of carbonyl (C=O) groups is 1. The van der Waals surface area contributed by atoms with Gasteiger partial charge in [0.2, 0.25) is 0 Å². The van der Waals surface area contributed by atoms with Crippen LogP contribution in [0, 0.1) is 11.6 Å². The fourth-order valence-electron chi connectivity index (χ4n) is 4.22. The van der Waals surface area contributed by atoms with E-state index >= 15 is 0 Å². The molecule has 1 aromatic heterocycles. The van der Waals surface area contributed by atoms with E-state index < -0.39 is 27.4 Å². The third-order valence-electron chi connectivity index (χ3n) is 5.94. The smallest absolute Gasteiger partial charge is 0.317 e. The molecule has 38 heavy (non-hydrogen) atoms. The van der Waals surface area contributed by atoms with Crippen LogP contribution in [0.4, 0.5) is 8.78 Å². The van der Waals surface area contributed by atoms with Gasteiger partial charge in [-0.25, -0.2) is 17.2 Å². The van der Waals surface area contributed by atoms with Crippen LogP contribution in [0.25, 0.3) is 22.1 Å². The number of benzene rings is 3. The number of carboxylic acids is 1. The molecule has 7 nitrogen and oxygen atoms in total. The molecule has 3 aromatic carbocycles. The summed E-state index contributed by atoms with van der Waals surface area (Å²) in [5, 5.41) is 9.31. The van der Waals surface area contributed by atoms with Crippen molar-refractivity contribution in [1.82, 2.24) is 4.90 Å². The number of halogens is 2. The fourth-order valence-corrected chi connectivity index (χ4v) is 4.87. The molecule has 0 fully saturated rings. The monoisotopic (exact) mass is 543 g/mol. The van der Waals surface area contributed by atoms with Crippen LogP contribution < -0.4 is 4.74 Å². The molecule has 0 bridgehead atoms. The Morgan fingerprint density at radius 1 is 1.05 bits per heavy atom. The number of carboxylic acid groups (broad SMARTS) is 1. The molecule has 0 saturated heterocycles. The molecule has 200 valence electrons. The number of furan rings is 1. The first-order chi connectivity index (χ1) is 18.1. The lowest BCUT2D eigenvalue weighted by Gasteiger charge is -2.20. The second-order valence-electron chi connectivity index (χ2n) is 9.10. The molecular weight excluding hydrogens is 516 g/mol. The molecule has 0 aliphatic heterocycles. The summed E-state index contributed by atoms with van der Waals surface area (Å²) in [6.45, 7) is 0.760. The molecular formula is C28H27F2NO6S. The average molecular weight is 544 g/mol. The van der Waals surface area contributed by atoms with E-state index in [4.69, 9.17) is 9.15 Å². The van der Waals surface area contributed by atoms with Gasteiger partial charge in [0.1, 0.15) is 27.8 Å². The van der Waals surface area contributed by atoms with Crippen LogP contribution >= 0.6 is 0 Å². The van der Waals surface area contributed by atoms with E-state index in [1.807, 2.05) is 24.3 Å².